The Morgan fingerprint density at radius 3 is 2.61 bits per heavy atom. The highest BCUT2D eigenvalue weighted by atomic mass is 127. The van der Waals surface area contributed by atoms with Crippen molar-refractivity contribution in [3.63, 3.8) is 0 Å². The van der Waals surface area contributed by atoms with Crippen LogP contribution in [0.2, 0.25) is 0 Å². The van der Waals surface area contributed by atoms with Crippen LogP contribution in [0.15, 0.2) is 4.99 Å². The lowest BCUT2D eigenvalue weighted by Gasteiger charge is -2.23. The first-order valence-corrected chi connectivity index (χ1v) is 9.74. The van der Waals surface area contributed by atoms with Gasteiger partial charge in [0.05, 0.1) is 6.54 Å². The monoisotopic (exact) mass is 457 g/mol. The van der Waals surface area contributed by atoms with Gasteiger partial charge in [-0.1, -0.05) is 13.8 Å². The van der Waals surface area contributed by atoms with Crippen molar-refractivity contribution in [1.82, 2.24) is 10.6 Å². The van der Waals surface area contributed by atoms with E-state index in [0.29, 0.717) is 16.6 Å². The van der Waals surface area contributed by atoms with E-state index in [1.807, 2.05) is 11.8 Å². The number of nitrogens with zero attached hydrogens (tertiary/aromatic N) is 1. The van der Waals surface area contributed by atoms with Crippen LogP contribution in [0.5, 0.6) is 0 Å². The van der Waals surface area contributed by atoms with Gasteiger partial charge in [-0.25, -0.2) is 0 Å². The molecule has 0 aromatic carbocycles. The molecule has 0 spiro atoms. The largest absolute Gasteiger partial charge is 0.396 e. The third-order valence-corrected chi connectivity index (χ3v) is 5.64. The van der Waals surface area contributed by atoms with Crippen molar-refractivity contribution in [3.05, 3.63) is 0 Å². The fourth-order valence-electron chi connectivity index (χ4n) is 2.94. The van der Waals surface area contributed by atoms with E-state index in [2.05, 4.69) is 38.3 Å². The van der Waals surface area contributed by atoms with Gasteiger partial charge in [0.1, 0.15) is 0 Å². The number of thioether (sulfide) groups is 1. The lowest BCUT2D eigenvalue weighted by Crippen LogP contribution is -2.41. The maximum atomic E-state index is 9.22. The Kier molecular flexibility index (Phi) is 12.8. The summed E-state index contributed by atoms with van der Waals surface area (Å²) in [7, 11) is 0. The third kappa shape index (κ3) is 10.0. The topological polar surface area (TPSA) is 56.7 Å². The van der Waals surface area contributed by atoms with Crippen molar-refractivity contribution < 1.29 is 5.11 Å². The zero-order valence-electron chi connectivity index (χ0n) is 15.2. The number of aliphatic hydroxyl groups is 1. The Morgan fingerprint density at radius 1 is 1.35 bits per heavy atom. The number of hydrogen-bond acceptors (Lipinski definition) is 3. The fourth-order valence-corrected chi connectivity index (χ4v) is 4.17. The van der Waals surface area contributed by atoms with E-state index >= 15 is 0 Å². The molecular weight excluding hydrogens is 421 g/mol. The zero-order valence-corrected chi connectivity index (χ0v) is 18.4. The number of aliphatic hydroxyl groups excluding tert-OH is 1. The molecule has 4 nitrogen and oxygen atoms in total. The molecule has 0 amide bonds. The van der Waals surface area contributed by atoms with E-state index < -0.39 is 0 Å². The van der Waals surface area contributed by atoms with Crippen molar-refractivity contribution in [2.24, 2.45) is 16.8 Å². The standard InChI is InChI=1S/C17H35N3OS.HI/c1-5-18-16(20-13-17(4)8-6-10-22-17)19-12-15(7-9-21)11-14(2)3;/h14-15,21H,5-13H2,1-4H3,(H2,18,19,20);1H. The number of aliphatic imine (C=N–C) groups is 1. The Hall–Kier alpha value is 0.310. The minimum atomic E-state index is 0. The molecule has 23 heavy (non-hydrogen) atoms. The van der Waals surface area contributed by atoms with E-state index in [-0.39, 0.29) is 30.6 Å². The van der Waals surface area contributed by atoms with Crippen molar-refractivity contribution in [3.8, 4) is 0 Å². The fraction of sp³-hybridized carbons (Fsp3) is 0.941. The lowest BCUT2D eigenvalue weighted by atomic mass is 9.94. The van der Waals surface area contributed by atoms with Crippen LogP contribution in [-0.4, -0.2) is 47.8 Å². The summed E-state index contributed by atoms with van der Waals surface area (Å²) in [6.07, 6.45) is 4.58. The van der Waals surface area contributed by atoms with Crippen LogP contribution >= 0.6 is 35.7 Å². The van der Waals surface area contributed by atoms with Gasteiger partial charge in [0.2, 0.25) is 0 Å². The van der Waals surface area contributed by atoms with E-state index in [1.165, 1.54) is 18.6 Å². The molecule has 6 heteroatoms. The predicted octanol–water partition coefficient (Wildman–Crippen LogP) is 3.49. The second-order valence-corrected chi connectivity index (χ2v) is 8.67. The molecule has 0 aromatic heterocycles. The van der Waals surface area contributed by atoms with E-state index in [4.69, 9.17) is 4.99 Å². The number of hydrogen-bond donors (Lipinski definition) is 3. The van der Waals surface area contributed by atoms with Crippen LogP contribution in [0.3, 0.4) is 0 Å². The Bertz CT molecular complexity index is 334. The van der Waals surface area contributed by atoms with Gasteiger partial charge in [0.15, 0.2) is 5.96 Å². The Balaban J connectivity index is 0.00000484. The van der Waals surface area contributed by atoms with Crippen LogP contribution < -0.4 is 10.6 Å². The van der Waals surface area contributed by atoms with Gasteiger partial charge < -0.3 is 15.7 Å². The highest BCUT2D eigenvalue weighted by molar-refractivity contribution is 14.0. The number of rotatable bonds is 9. The summed E-state index contributed by atoms with van der Waals surface area (Å²) in [4.78, 5) is 4.79. The van der Waals surface area contributed by atoms with Gasteiger partial charge in [-0.2, -0.15) is 11.8 Å². The summed E-state index contributed by atoms with van der Waals surface area (Å²) < 4.78 is 0.310. The van der Waals surface area contributed by atoms with Gasteiger partial charge in [-0.05, 0) is 57.1 Å². The molecule has 0 saturated carbocycles. The molecule has 0 bridgehead atoms. The Labute approximate surface area is 164 Å². The maximum Gasteiger partial charge on any atom is 0.191 e. The summed E-state index contributed by atoms with van der Waals surface area (Å²) in [6.45, 7) is 11.8. The highest BCUT2D eigenvalue weighted by Crippen LogP contribution is 2.37. The third-order valence-electron chi connectivity index (χ3n) is 4.12. The van der Waals surface area contributed by atoms with Crippen molar-refractivity contribution >= 4 is 41.7 Å². The first-order chi connectivity index (χ1) is 10.5. The molecule has 1 aliphatic heterocycles. The first kappa shape index (κ1) is 23.3. The molecule has 0 aromatic rings. The van der Waals surface area contributed by atoms with Gasteiger partial charge >= 0.3 is 0 Å². The van der Waals surface area contributed by atoms with E-state index in [1.54, 1.807) is 0 Å². The molecule has 1 heterocycles. The molecule has 138 valence electrons. The summed E-state index contributed by atoms with van der Waals surface area (Å²) in [5, 5.41) is 16.0. The van der Waals surface area contributed by atoms with Crippen LogP contribution in [0, 0.1) is 11.8 Å². The van der Waals surface area contributed by atoms with Crippen molar-refractivity contribution in [2.45, 2.75) is 58.1 Å². The SMILES string of the molecule is CCNC(=NCC1(C)CCCS1)NCC(CCO)CC(C)C.I. The van der Waals surface area contributed by atoms with Crippen molar-refractivity contribution in [2.75, 3.05) is 32.0 Å². The first-order valence-electron chi connectivity index (χ1n) is 8.76. The van der Waals surface area contributed by atoms with Gasteiger partial charge in [-0.3, -0.25) is 4.99 Å². The van der Waals surface area contributed by atoms with Crippen LogP contribution in [-0.2, 0) is 0 Å². The maximum absolute atomic E-state index is 9.22. The molecular formula is C17H36IN3OS. The zero-order chi connectivity index (χ0) is 16.4. The lowest BCUT2D eigenvalue weighted by molar-refractivity contribution is 0.243. The Morgan fingerprint density at radius 2 is 2.09 bits per heavy atom. The van der Waals surface area contributed by atoms with Gasteiger partial charge in [-0.15, -0.1) is 24.0 Å². The average Bonchev–Trinajstić information content (AvgIpc) is 2.88. The summed E-state index contributed by atoms with van der Waals surface area (Å²) in [5.41, 5.74) is 0. The molecule has 3 N–H and O–H groups in total. The smallest absolute Gasteiger partial charge is 0.191 e. The molecule has 1 saturated heterocycles. The van der Waals surface area contributed by atoms with Gasteiger partial charge in [0, 0.05) is 24.4 Å². The normalized spacial score (nSPS) is 22.8. The number of guanidine groups is 1. The van der Waals surface area contributed by atoms with Crippen molar-refractivity contribution in [1.29, 1.82) is 0 Å². The van der Waals surface area contributed by atoms with Crippen LogP contribution in [0.25, 0.3) is 0 Å². The second kappa shape index (κ2) is 12.6. The molecule has 1 aliphatic rings. The molecule has 1 rings (SSSR count). The summed E-state index contributed by atoms with van der Waals surface area (Å²) >= 11 is 2.05. The predicted molar refractivity (Wildman–Crippen MR) is 114 cm³/mol. The number of nitrogens with one attached hydrogen (secondary N) is 2. The van der Waals surface area contributed by atoms with E-state index in [0.717, 1.165) is 38.4 Å². The quantitative estimate of drug-likeness (QED) is 0.282. The summed E-state index contributed by atoms with van der Waals surface area (Å²) in [6, 6.07) is 0. The minimum Gasteiger partial charge on any atom is -0.396 e. The highest BCUT2D eigenvalue weighted by Gasteiger charge is 2.29. The molecule has 2 atom stereocenters. The summed E-state index contributed by atoms with van der Waals surface area (Å²) in [5.74, 6) is 3.35. The molecule has 2 unspecified atom stereocenters. The minimum absolute atomic E-state index is 0. The van der Waals surface area contributed by atoms with E-state index in [9.17, 15) is 5.11 Å². The number of halogens is 1. The van der Waals surface area contributed by atoms with Crippen LogP contribution in [0.1, 0.15) is 53.4 Å². The second-order valence-electron chi connectivity index (χ2n) is 6.99. The molecule has 1 fully saturated rings. The molecule has 0 radical (unpaired) electrons. The average molecular weight is 457 g/mol. The van der Waals surface area contributed by atoms with Gasteiger partial charge in [0.25, 0.3) is 0 Å². The van der Waals surface area contributed by atoms with Crippen LogP contribution in [0.4, 0.5) is 0 Å². The molecule has 0 aliphatic carbocycles.